The zero-order valence-corrected chi connectivity index (χ0v) is 13.1. The molecule has 0 spiro atoms. The molecule has 8 heteroatoms. The van der Waals surface area contributed by atoms with Gasteiger partial charge in [0.1, 0.15) is 18.0 Å². The van der Waals surface area contributed by atoms with Crippen LogP contribution in [0.15, 0.2) is 42.7 Å². The van der Waals surface area contributed by atoms with Crippen LogP contribution in [0.3, 0.4) is 0 Å². The number of benzene rings is 1. The molecule has 0 bridgehead atoms. The van der Waals surface area contributed by atoms with E-state index in [9.17, 15) is 9.18 Å². The molecule has 0 atom stereocenters. The van der Waals surface area contributed by atoms with Gasteiger partial charge in [0.2, 0.25) is 0 Å². The van der Waals surface area contributed by atoms with Crippen LogP contribution in [-0.2, 0) is 0 Å². The van der Waals surface area contributed by atoms with Crippen LogP contribution < -0.4 is 10.6 Å². The molecule has 2 aromatic heterocycles. The molecule has 24 heavy (non-hydrogen) atoms. The van der Waals surface area contributed by atoms with E-state index in [0.29, 0.717) is 5.82 Å². The number of para-hydroxylation sites is 1. The molecule has 0 fully saturated rings. The first-order valence-corrected chi connectivity index (χ1v) is 7.21. The van der Waals surface area contributed by atoms with Crippen molar-refractivity contribution in [1.29, 1.82) is 0 Å². The van der Waals surface area contributed by atoms with Gasteiger partial charge >= 0.3 is 6.03 Å². The summed E-state index contributed by atoms with van der Waals surface area (Å²) in [4.78, 5) is 20.1. The highest BCUT2D eigenvalue weighted by Crippen LogP contribution is 2.14. The lowest BCUT2D eigenvalue weighted by molar-refractivity contribution is 0.262. The van der Waals surface area contributed by atoms with E-state index in [1.54, 1.807) is 22.9 Å². The second-order valence-electron chi connectivity index (χ2n) is 5.16. The van der Waals surface area contributed by atoms with Crippen LogP contribution in [-0.4, -0.2) is 25.8 Å². The van der Waals surface area contributed by atoms with Crippen LogP contribution >= 0.6 is 0 Å². The van der Waals surface area contributed by atoms with Crippen molar-refractivity contribution in [3.8, 4) is 5.82 Å². The number of urea groups is 1. The van der Waals surface area contributed by atoms with Crippen LogP contribution in [0, 0.1) is 19.7 Å². The summed E-state index contributed by atoms with van der Waals surface area (Å²) in [6, 6.07) is 8.81. The van der Waals surface area contributed by atoms with Crippen molar-refractivity contribution >= 4 is 17.5 Å². The first-order valence-electron chi connectivity index (χ1n) is 7.21. The third-order valence-electron chi connectivity index (χ3n) is 3.24. The Balaban J connectivity index is 1.76. The molecule has 0 saturated carbocycles. The molecule has 0 aliphatic heterocycles. The number of hydrogen-bond donors (Lipinski definition) is 2. The standard InChI is InChI=1S/C16H15FN6O/c1-10-7-11(2)23(22-10)15-8-14(18-9-19-15)21-16(24)20-13-6-4-3-5-12(13)17/h3-9H,1-2H3,(H2,18,19,20,21,24). The maximum Gasteiger partial charge on any atom is 0.324 e. The predicted molar refractivity (Wildman–Crippen MR) is 87.7 cm³/mol. The van der Waals surface area contributed by atoms with Crippen LogP contribution in [0.5, 0.6) is 0 Å². The second-order valence-corrected chi connectivity index (χ2v) is 5.16. The summed E-state index contributed by atoms with van der Waals surface area (Å²) < 4.78 is 15.2. The number of carbonyl (C=O) groups is 1. The van der Waals surface area contributed by atoms with Gasteiger partial charge in [-0.05, 0) is 32.0 Å². The van der Waals surface area contributed by atoms with E-state index in [1.807, 2.05) is 19.9 Å². The number of aryl methyl sites for hydroxylation is 2. The fraction of sp³-hybridized carbons (Fsp3) is 0.125. The minimum atomic E-state index is -0.599. The van der Waals surface area contributed by atoms with Gasteiger partial charge in [-0.15, -0.1) is 0 Å². The first kappa shape index (κ1) is 15.6. The van der Waals surface area contributed by atoms with E-state index in [2.05, 4.69) is 25.7 Å². The second kappa shape index (κ2) is 6.45. The van der Waals surface area contributed by atoms with E-state index < -0.39 is 11.8 Å². The third-order valence-corrected chi connectivity index (χ3v) is 3.24. The number of amides is 2. The number of nitrogens with zero attached hydrogens (tertiary/aromatic N) is 4. The van der Waals surface area contributed by atoms with E-state index in [-0.39, 0.29) is 11.5 Å². The van der Waals surface area contributed by atoms with Crippen molar-refractivity contribution in [2.45, 2.75) is 13.8 Å². The molecule has 0 unspecified atom stereocenters. The maximum absolute atomic E-state index is 13.5. The minimum absolute atomic E-state index is 0.0859. The number of hydrogen-bond acceptors (Lipinski definition) is 4. The molecule has 3 rings (SSSR count). The Kier molecular flexibility index (Phi) is 4.19. The fourth-order valence-electron chi connectivity index (χ4n) is 2.22. The summed E-state index contributed by atoms with van der Waals surface area (Å²) in [5.41, 5.74) is 1.86. The topological polar surface area (TPSA) is 84.7 Å². The molecular formula is C16H15FN6O. The number of halogens is 1. The number of aromatic nitrogens is 4. The molecule has 0 aliphatic rings. The van der Waals surface area contributed by atoms with Crippen LogP contribution in [0.25, 0.3) is 5.82 Å². The van der Waals surface area contributed by atoms with Gasteiger partial charge in [0.15, 0.2) is 5.82 Å². The van der Waals surface area contributed by atoms with Crippen molar-refractivity contribution in [3.63, 3.8) is 0 Å². The zero-order chi connectivity index (χ0) is 17.1. The maximum atomic E-state index is 13.5. The van der Waals surface area contributed by atoms with Crippen molar-refractivity contribution in [2.75, 3.05) is 10.6 Å². The summed E-state index contributed by atoms with van der Waals surface area (Å²) in [6.45, 7) is 3.78. The number of carbonyl (C=O) groups excluding carboxylic acids is 1. The summed E-state index contributed by atoms with van der Waals surface area (Å²) in [7, 11) is 0. The van der Waals surface area contributed by atoms with Gasteiger partial charge in [-0.2, -0.15) is 5.10 Å². The molecular weight excluding hydrogens is 311 g/mol. The smallest absolute Gasteiger partial charge is 0.305 e. The lowest BCUT2D eigenvalue weighted by Crippen LogP contribution is -2.21. The first-order chi connectivity index (χ1) is 11.5. The van der Waals surface area contributed by atoms with Gasteiger partial charge in [-0.3, -0.25) is 5.32 Å². The normalized spacial score (nSPS) is 10.5. The van der Waals surface area contributed by atoms with Crippen LogP contribution in [0.4, 0.5) is 20.7 Å². The highest BCUT2D eigenvalue weighted by Gasteiger charge is 2.10. The van der Waals surface area contributed by atoms with Crippen LogP contribution in [0.2, 0.25) is 0 Å². The molecule has 0 saturated heterocycles. The molecule has 3 aromatic rings. The fourth-order valence-corrected chi connectivity index (χ4v) is 2.22. The molecule has 7 nitrogen and oxygen atoms in total. The minimum Gasteiger partial charge on any atom is -0.305 e. The number of anilines is 2. The largest absolute Gasteiger partial charge is 0.324 e. The Morgan fingerprint density at radius 3 is 2.62 bits per heavy atom. The highest BCUT2D eigenvalue weighted by atomic mass is 19.1. The Hall–Kier alpha value is -3.29. The average molecular weight is 326 g/mol. The van der Waals surface area contributed by atoms with Gasteiger partial charge < -0.3 is 5.32 Å². The Labute approximate surface area is 137 Å². The van der Waals surface area contributed by atoms with Crippen molar-refractivity contribution < 1.29 is 9.18 Å². The van der Waals surface area contributed by atoms with E-state index in [1.165, 1.54) is 18.5 Å². The van der Waals surface area contributed by atoms with Gasteiger partial charge in [0.05, 0.1) is 11.4 Å². The van der Waals surface area contributed by atoms with E-state index in [0.717, 1.165) is 11.4 Å². The van der Waals surface area contributed by atoms with Crippen molar-refractivity contribution in [3.05, 3.63) is 59.9 Å². The molecule has 2 heterocycles. The molecule has 122 valence electrons. The Morgan fingerprint density at radius 2 is 1.92 bits per heavy atom. The Morgan fingerprint density at radius 1 is 1.12 bits per heavy atom. The highest BCUT2D eigenvalue weighted by molar-refractivity contribution is 5.99. The molecule has 0 radical (unpaired) electrons. The van der Waals surface area contributed by atoms with Gasteiger partial charge in [-0.25, -0.2) is 23.8 Å². The monoisotopic (exact) mass is 326 g/mol. The lowest BCUT2D eigenvalue weighted by atomic mass is 10.3. The van der Waals surface area contributed by atoms with Crippen molar-refractivity contribution in [2.24, 2.45) is 0 Å². The summed E-state index contributed by atoms with van der Waals surface area (Å²) in [5, 5.41) is 9.30. The van der Waals surface area contributed by atoms with Crippen molar-refractivity contribution in [1.82, 2.24) is 19.7 Å². The number of rotatable bonds is 3. The summed E-state index contributed by atoms with van der Waals surface area (Å²) >= 11 is 0. The summed E-state index contributed by atoms with van der Waals surface area (Å²) in [5.74, 6) is 0.289. The van der Waals surface area contributed by atoms with Crippen LogP contribution in [0.1, 0.15) is 11.4 Å². The van der Waals surface area contributed by atoms with Gasteiger partial charge in [0, 0.05) is 11.8 Å². The van der Waals surface area contributed by atoms with E-state index >= 15 is 0 Å². The molecule has 0 aliphatic carbocycles. The van der Waals surface area contributed by atoms with Gasteiger partial charge in [-0.1, -0.05) is 12.1 Å². The lowest BCUT2D eigenvalue weighted by Gasteiger charge is -2.09. The van der Waals surface area contributed by atoms with Gasteiger partial charge in [0.25, 0.3) is 0 Å². The predicted octanol–water partition coefficient (Wildman–Crippen LogP) is 3.06. The Bertz CT molecular complexity index is 892. The third kappa shape index (κ3) is 3.37. The molecule has 2 amide bonds. The zero-order valence-electron chi connectivity index (χ0n) is 13.1. The quantitative estimate of drug-likeness (QED) is 0.774. The molecule has 2 N–H and O–H groups in total. The summed E-state index contributed by atoms with van der Waals surface area (Å²) in [6.07, 6.45) is 1.32. The van der Waals surface area contributed by atoms with E-state index in [4.69, 9.17) is 0 Å². The SMILES string of the molecule is Cc1cc(C)n(-c2cc(NC(=O)Nc3ccccc3F)ncn2)n1. The number of nitrogens with one attached hydrogen (secondary N) is 2. The average Bonchev–Trinajstić information content (AvgIpc) is 2.88. The molecule has 1 aromatic carbocycles.